The Morgan fingerprint density at radius 3 is 1.85 bits per heavy atom. The van der Waals surface area contributed by atoms with E-state index >= 15 is 0 Å². The van der Waals surface area contributed by atoms with Crippen LogP contribution in [0.3, 0.4) is 0 Å². The maximum Gasteiger partial charge on any atom is 0.129 e. The predicted molar refractivity (Wildman–Crippen MR) is 84.5 cm³/mol. The summed E-state index contributed by atoms with van der Waals surface area (Å²) in [4.78, 5) is 0. The van der Waals surface area contributed by atoms with E-state index in [1.807, 2.05) is 0 Å². The first-order chi connectivity index (χ1) is 9.29. The molecule has 0 bridgehead atoms. The molecule has 1 nitrogen and oxygen atoms in total. The number of rotatable bonds is 0. The second kappa shape index (κ2) is 4.12. The standard InChI is InChI=1S/C19H22O/c1-11-7-15-16-8-12(2)14(4)10-18(16)20-19(5,6)17(15)9-13(11)3/h7-10H,1-6H3. The second-order valence-electron chi connectivity index (χ2n) is 6.53. The lowest BCUT2D eigenvalue weighted by Crippen LogP contribution is -2.29. The minimum atomic E-state index is -0.275. The molecule has 20 heavy (non-hydrogen) atoms. The second-order valence-corrected chi connectivity index (χ2v) is 6.53. The van der Waals surface area contributed by atoms with E-state index in [0.717, 1.165) is 5.75 Å². The van der Waals surface area contributed by atoms with Crippen molar-refractivity contribution in [2.45, 2.75) is 47.1 Å². The van der Waals surface area contributed by atoms with Crippen molar-refractivity contribution in [1.82, 2.24) is 0 Å². The monoisotopic (exact) mass is 266 g/mol. The predicted octanol–water partition coefficient (Wildman–Crippen LogP) is 5.21. The first-order valence-electron chi connectivity index (χ1n) is 7.22. The minimum absolute atomic E-state index is 0.275. The Labute approximate surface area is 121 Å². The normalized spacial score (nSPS) is 15.3. The van der Waals surface area contributed by atoms with Crippen LogP contribution >= 0.6 is 0 Å². The fraction of sp³-hybridized carbons (Fsp3) is 0.368. The Kier molecular flexibility index (Phi) is 2.72. The van der Waals surface area contributed by atoms with Gasteiger partial charge in [0.05, 0.1) is 0 Å². The van der Waals surface area contributed by atoms with Crippen molar-refractivity contribution >= 4 is 0 Å². The quantitative estimate of drug-likeness (QED) is 0.635. The Morgan fingerprint density at radius 1 is 0.700 bits per heavy atom. The van der Waals surface area contributed by atoms with E-state index in [4.69, 9.17) is 4.74 Å². The third-order valence-electron chi connectivity index (χ3n) is 4.53. The Bertz CT molecular complexity index is 708. The van der Waals surface area contributed by atoms with Crippen LogP contribution in [0.25, 0.3) is 11.1 Å². The van der Waals surface area contributed by atoms with Crippen LogP contribution in [0, 0.1) is 27.7 Å². The molecule has 0 unspecified atom stereocenters. The number of ether oxygens (including phenoxy) is 1. The number of fused-ring (bicyclic) bond motifs is 3. The summed E-state index contributed by atoms with van der Waals surface area (Å²) in [6.45, 7) is 13.0. The average molecular weight is 266 g/mol. The zero-order valence-corrected chi connectivity index (χ0v) is 13.2. The van der Waals surface area contributed by atoms with Gasteiger partial charge in [-0.15, -0.1) is 0 Å². The summed E-state index contributed by atoms with van der Waals surface area (Å²) in [5, 5.41) is 0. The molecule has 3 rings (SSSR count). The third kappa shape index (κ3) is 1.84. The smallest absolute Gasteiger partial charge is 0.129 e. The zero-order valence-electron chi connectivity index (χ0n) is 13.2. The molecule has 0 N–H and O–H groups in total. The molecular weight excluding hydrogens is 244 g/mol. The van der Waals surface area contributed by atoms with Crippen LogP contribution in [0.4, 0.5) is 0 Å². The minimum Gasteiger partial charge on any atom is -0.482 e. The molecule has 0 amide bonds. The summed E-state index contributed by atoms with van der Waals surface area (Å²) in [6.07, 6.45) is 0. The van der Waals surface area contributed by atoms with E-state index in [0.29, 0.717) is 0 Å². The Balaban J connectivity index is 2.36. The van der Waals surface area contributed by atoms with Gasteiger partial charge in [-0.05, 0) is 81.5 Å². The fourth-order valence-corrected chi connectivity index (χ4v) is 2.95. The SMILES string of the molecule is Cc1cc2c(cc1C)-c1cc(C)c(C)cc1C(C)(C)O2. The van der Waals surface area contributed by atoms with Crippen molar-refractivity contribution < 1.29 is 4.74 Å². The van der Waals surface area contributed by atoms with E-state index in [-0.39, 0.29) is 5.60 Å². The zero-order chi connectivity index (χ0) is 14.7. The lowest BCUT2D eigenvalue weighted by atomic mass is 9.83. The van der Waals surface area contributed by atoms with Crippen molar-refractivity contribution in [3.05, 3.63) is 52.1 Å². The van der Waals surface area contributed by atoms with Crippen LogP contribution < -0.4 is 4.74 Å². The van der Waals surface area contributed by atoms with Crippen LogP contribution in [-0.2, 0) is 5.60 Å². The third-order valence-corrected chi connectivity index (χ3v) is 4.53. The molecule has 0 radical (unpaired) electrons. The Morgan fingerprint density at radius 2 is 1.20 bits per heavy atom. The number of benzene rings is 2. The first-order valence-corrected chi connectivity index (χ1v) is 7.22. The molecule has 0 saturated heterocycles. The van der Waals surface area contributed by atoms with E-state index in [1.54, 1.807) is 0 Å². The van der Waals surface area contributed by atoms with Gasteiger partial charge in [0, 0.05) is 11.1 Å². The van der Waals surface area contributed by atoms with Crippen molar-refractivity contribution in [2.24, 2.45) is 0 Å². The van der Waals surface area contributed by atoms with E-state index in [9.17, 15) is 0 Å². The first kappa shape index (κ1) is 13.2. The summed E-state index contributed by atoms with van der Waals surface area (Å²) in [7, 11) is 0. The van der Waals surface area contributed by atoms with Crippen LogP contribution in [0.1, 0.15) is 41.7 Å². The van der Waals surface area contributed by atoms with Crippen LogP contribution in [0.5, 0.6) is 5.75 Å². The molecule has 0 spiro atoms. The molecule has 2 aromatic carbocycles. The topological polar surface area (TPSA) is 9.23 Å². The molecule has 104 valence electrons. The van der Waals surface area contributed by atoms with Gasteiger partial charge in [0.25, 0.3) is 0 Å². The largest absolute Gasteiger partial charge is 0.482 e. The summed E-state index contributed by atoms with van der Waals surface area (Å²) in [6, 6.07) is 9.02. The van der Waals surface area contributed by atoms with Crippen LogP contribution in [0.2, 0.25) is 0 Å². The van der Waals surface area contributed by atoms with Gasteiger partial charge in [-0.2, -0.15) is 0 Å². The molecule has 0 aromatic heterocycles. The van der Waals surface area contributed by atoms with Gasteiger partial charge in [0.2, 0.25) is 0 Å². The summed E-state index contributed by atoms with van der Waals surface area (Å²) >= 11 is 0. The molecule has 0 aliphatic carbocycles. The van der Waals surface area contributed by atoms with E-state index in [1.165, 1.54) is 38.9 Å². The van der Waals surface area contributed by atoms with E-state index in [2.05, 4.69) is 65.8 Å². The molecule has 0 saturated carbocycles. The number of aryl methyl sites for hydroxylation is 4. The summed E-state index contributed by atoms with van der Waals surface area (Å²) in [5.41, 5.74) is 8.83. The van der Waals surface area contributed by atoms with Gasteiger partial charge >= 0.3 is 0 Å². The lowest BCUT2D eigenvalue weighted by molar-refractivity contribution is 0.105. The van der Waals surface area contributed by atoms with Gasteiger partial charge in [0.15, 0.2) is 0 Å². The Hall–Kier alpha value is -1.76. The number of hydrogen-bond donors (Lipinski definition) is 0. The van der Waals surface area contributed by atoms with Gasteiger partial charge in [-0.1, -0.05) is 12.1 Å². The highest BCUT2D eigenvalue weighted by Gasteiger charge is 2.33. The van der Waals surface area contributed by atoms with Crippen molar-refractivity contribution in [3.8, 4) is 16.9 Å². The number of hydrogen-bond acceptors (Lipinski definition) is 1. The summed E-state index contributed by atoms with van der Waals surface area (Å²) in [5.74, 6) is 1.01. The molecule has 2 aromatic rings. The molecule has 1 aliphatic heterocycles. The van der Waals surface area contributed by atoms with Crippen molar-refractivity contribution in [1.29, 1.82) is 0 Å². The highest BCUT2D eigenvalue weighted by atomic mass is 16.5. The lowest BCUT2D eigenvalue weighted by Gasteiger charge is -2.36. The maximum atomic E-state index is 6.28. The van der Waals surface area contributed by atoms with Gasteiger partial charge < -0.3 is 4.74 Å². The van der Waals surface area contributed by atoms with Crippen LogP contribution in [0.15, 0.2) is 24.3 Å². The van der Waals surface area contributed by atoms with Gasteiger partial charge in [0.1, 0.15) is 11.4 Å². The molecule has 1 heterocycles. The highest BCUT2D eigenvalue weighted by Crippen LogP contribution is 2.46. The fourth-order valence-electron chi connectivity index (χ4n) is 2.95. The molecule has 1 heteroatoms. The van der Waals surface area contributed by atoms with Crippen molar-refractivity contribution in [2.75, 3.05) is 0 Å². The maximum absolute atomic E-state index is 6.28. The summed E-state index contributed by atoms with van der Waals surface area (Å²) < 4.78 is 6.28. The molecular formula is C19H22O. The average Bonchev–Trinajstić information content (AvgIpc) is 2.34. The van der Waals surface area contributed by atoms with E-state index < -0.39 is 0 Å². The molecule has 1 aliphatic rings. The van der Waals surface area contributed by atoms with Crippen molar-refractivity contribution in [3.63, 3.8) is 0 Å². The molecule has 0 atom stereocenters. The van der Waals surface area contributed by atoms with Gasteiger partial charge in [-0.3, -0.25) is 0 Å². The highest BCUT2D eigenvalue weighted by molar-refractivity contribution is 5.78. The van der Waals surface area contributed by atoms with Crippen LogP contribution in [-0.4, -0.2) is 0 Å². The molecule has 0 fully saturated rings. The van der Waals surface area contributed by atoms with Gasteiger partial charge in [-0.25, -0.2) is 0 Å².